The van der Waals surface area contributed by atoms with E-state index < -0.39 is 5.97 Å². The SMILES string of the molecule is N#C/C(=C\c1ccc(-c2ccc(-c3ccc(-c4ccc(N(c5ccccc5)c5ccccc5)cc4)o3)o2)c2nsnc12)C(=O)O. The van der Waals surface area contributed by atoms with E-state index >= 15 is 0 Å². The van der Waals surface area contributed by atoms with E-state index in [0.29, 0.717) is 45.2 Å². The van der Waals surface area contributed by atoms with Gasteiger partial charge in [0.2, 0.25) is 0 Å². The average Bonchev–Trinajstić information content (AvgIpc) is 3.87. The van der Waals surface area contributed by atoms with Gasteiger partial charge in [0.1, 0.15) is 34.2 Å². The number of rotatable bonds is 8. The fourth-order valence-electron chi connectivity index (χ4n) is 5.11. The number of furan rings is 2. The second kappa shape index (κ2) is 11.8. The summed E-state index contributed by atoms with van der Waals surface area (Å²) in [5.41, 5.74) is 5.92. The van der Waals surface area contributed by atoms with Gasteiger partial charge in [-0.25, -0.2) is 4.79 Å². The number of nitriles is 1. The molecule has 0 saturated carbocycles. The van der Waals surface area contributed by atoms with E-state index in [2.05, 4.69) is 50.0 Å². The topological polar surface area (TPSA) is 116 Å². The second-order valence-electron chi connectivity index (χ2n) is 10.0. The minimum Gasteiger partial charge on any atom is -0.477 e. The van der Waals surface area contributed by atoms with Gasteiger partial charge in [0.15, 0.2) is 11.5 Å². The zero-order valence-electron chi connectivity index (χ0n) is 23.5. The van der Waals surface area contributed by atoms with Crippen LogP contribution in [0.15, 0.2) is 136 Å². The first-order valence-electron chi connectivity index (χ1n) is 13.9. The first-order valence-corrected chi connectivity index (χ1v) is 14.6. The number of para-hydroxylation sites is 2. The number of carboxylic acid groups (broad SMARTS) is 1. The number of hydrogen-bond acceptors (Lipinski definition) is 8. The van der Waals surface area contributed by atoms with Crippen LogP contribution in [0.3, 0.4) is 0 Å². The third-order valence-corrected chi connectivity index (χ3v) is 7.78. The van der Waals surface area contributed by atoms with E-state index in [-0.39, 0.29) is 5.57 Å². The van der Waals surface area contributed by atoms with Crippen molar-refractivity contribution >= 4 is 51.9 Å². The fourth-order valence-corrected chi connectivity index (χ4v) is 5.70. The predicted molar refractivity (Wildman–Crippen MR) is 174 cm³/mol. The molecule has 7 aromatic rings. The Balaban J connectivity index is 1.16. The Hall–Kier alpha value is -6.24. The van der Waals surface area contributed by atoms with Crippen LogP contribution in [0.1, 0.15) is 5.56 Å². The predicted octanol–water partition coefficient (Wildman–Crippen LogP) is 9.34. The second-order valence-corrected chi connectivity index (χ2v) is 10.5. The summed E-state index contributed by atoms with van der Waals surface area (Å²) < 4.78 is 21.1. The van der Waals surface area contributed by atoms with Gasteiger partial charge in [-0.1, -0.05) is 42.5 Å². The molecule has 0 aliphatic rings. The van der Waals surface area contributed by atoms with Gasteiger partial charge in [-0.2, -0.15) is 14.0 Å². The van der Waals surface area contributed by atoms with Crippen LogP contribution in [-0.4, -0.2) is 19.8 Å². The largest absolute Gasteiger partial charge is 0.477 e. The monoisotopic (exact) mass is 606 g/mol. The van der Waals surface area contributed by atoms with Crippen molar-refractivity contribution in [2.45, 2.75) is 0 Å². The van der Waals surface area contributed by atoms with Gasteiger partial charge in [0, 0.05) is 33.8 Å². The highest BCUT2D eigenvalue weighted by molar-refractivity contribution is 7.00. The van der Waals surface area contributed by atoms with Crippen molar-refractivity contribution in [3.8, 4) is 40.2 Å². The molecule has 0 aliphatic heterocycles. The molecule has 0 saturated heterocycles. The third-order valence-electron chi connectivity index (χ3n) is 7.26. The third kappa shape index (κ3) is 5.38. The molecule has 45 heavy (non-hydrogen) atoms. The van der Waals surface area contributed by atoms with Gasteiger partial charge >= 0.3 is 5.97 Å². The molecule has 0 aliphatic carbocycles. The Labute approximate surface area is 261 Å². The number of hydrogen-bond donors (Lipinski definition) is 1. The molecule has 0 fully saturated rings. The molecule has 216 valence electrons. The summed E-state index contributed by atoms with van der Waals surface area (Å²) >= 11 is 1.00. The zero-order valence-corrected chi connectivity index (χ0v) is 24.3. The average molecular weight is 607 g/mol. The molecule has 0 atom stereocenters. The van der Waals surface area contributed by atoms with Crippen LogP contribution >= 0.6 is 11.7 Å². The maximum atomic E-state index is 11.3. The molecule has 0 radical (unpaired) electrons. The van der Waals surface area contributed by atoms with Crippen LogP contribution < -0.4 is 4.90 Å². The summed E-state index contributed by atoms with van der Waals surface area (Å²) in [7, 11) is 0. The number of anilines is 3. The molecule has 8 nitrogen and oxygen atoms in total. The molecule has 3 heterocycles. The van der Waals surface area contributed by atoms with Crippen LogP contribution in [0.5, 0.6) is 0 Å². The molecule has 1 N–H and O–H groups in total. The fraction of sp³-hybridized carbons (Fsp3) is 0. The lowest BCUT2D eigenvalue weighted by Gasteiger charge is -2.25. The van der Waals surface area contributed by atoms with Gasteiger partial charge in [0.25, 0.3) is 0 Å². The number of fused-ring (bicyclic) bond motifs is 1. The molecule has 4 aromatic carbocycles. The van der Waals surface area contributed by atoms with Crippen molar-refractivity contribution in [2.75, 3.05) is 4.90 Å². The number of carboxylic acids is 1. The number of aliphatic carboxylic acids is 1. The number of nitrogens with zero attached hydrogens (tertiary/aromatic N) is 4. The summed E-state index contributed by atoms with van der Waals surface area (Å²) in [4.78, 5) is 13.5. The highest BCUT2D eigenvalue weighted by atomic mass is 32.1. The highest BCUT2D eigenvalue weighted by Crippen LogP contribution is 2.38. The van der Waals surface area contributed by atoms with Crippen LogP contribution in [0.2, 0.25) is 0 Å². The quantitative estimate of drug-likeness (QED) is 0.134. The lowest BCUT2D eigenvalue weighted by Crippen LogP contribution is -2.09. The summed E-state index contributed by atoms with van der Waals surface area (Å²) in [6, 6.07) is 41.3. The standard InChI is InChI=1S/C36H22N4O4S/c37-22-25(36(41)42)21-24-13-16-29(35-34(24)38-45-39-35)31-18-20-33(44-31)32-19-17-30(43-32)23-11-14-28(15-12-23)40(26-7-3-1-4-8-26)27-9-5-2-6-10-27/h1-21H,(H,41,42)/b25-21+. The number of benzene rings is 4. The van der Waals surface area contributed by atoms with E-state index in [4.69, 9.17) is 14.1 Å². The van der Waals surface area contributed by atoms with Crippen LogP contribution in [0, 0.1) is 11.3 Å². The Kier molecular flexibility index (Phi) is 7.23. The van der Waals surface area contributed by atoms with E-state index in [1.54, 1.807) is 18.2 Å². The van der Waals surface area contributed by atoms with Gasteiger partial charge in [0.05, 0.1) is 11.7 Å². The molecule has 3 aromatic heterocycles. The number of aromatic nitrogens is 2. The molecule has 0 unspecified atom stereocenters. The van der Waals surface area contributed by atoms with Crippen LogP contribution in [-0.2, 0) is 4.79 Å². The molecule has 0 amide bonds. The Morgan fingerprint density at radius 2 is 1.24 bits per heavy atom. The van der Waals surface area contributed by atoms with Gasteiger partial charge in [-0.05, 0) is 84.9 Å². The van der Waals surface area contributed by atoms with E-state index in [0.717, 1.165) is 34.4 Å². The van der Waals surface area contributed by atoms with Crippen molar-refractivity contribution in [3.05, 3.63) is 132 Å². The summed E-state index contributed by atoms with van der Waals surface area (Å²) in [6.07, 6.45) is 1.29. The molecular formula is C36H22N4O4S. The lowest BCUT2D eigenvalue weighted by molar-refractivity contribution is -0.132. The lowest BCUT2D eigenvalue weighted by atomic mass is 10.0. The molecule has 0 bridgehead atoms. The zero-order chi connectivity index (χ0) is 30.8. The molecule has 9 heteroatoms. The Morgan fingerprint density at radius 1 is 0.689 bits per heavy atom. The van der Waals surface area contributed by atoms with E-state index in [9.17, 15) is 9.90 Å². The van der Waals surface area contributed by atoms with Crippen LogP contribution in [0.4, 0.5) is 17.1 Å². The van der Waals surface area contributed by atoms with Gasteiger partial charge in [-0.3, -0.25) is 0 Å². The summed E-state index contributed by atoms with van der Waals surface area (Å²) in [5.74, 6) is 1.08. The first kappa shape index (κ1) is 27.6. The first-order chi connectivity index (χ1) is 22.1. The summed E-state index contributed by atoms with van der Waals surface area (Å²) in [6.45, 7) is 0. The van der Waals surface area contributed by atoms with Crippen LogP contribution in [0.25, 0.3) is 51.3 Å². The van der Waals surface area contributed by atoms with Gasteiger partial charge in [-0.15, -0.1) is 0 Å². The van der Waals surface area contributed by atoms with E-state index in [1.165, 1.54) is 6.08 Å². The normalized spacial score (nSPS) is 11.4. The maximum Gasteiger partial charge on any atom is 0.346 e. The number of carbonyl (C=O) groups is 1. The molecule has 0 spiro atoms. The van der Waals surface area contributed by atoms with Crippen molar-refractivity contribution in [2.24, 2.45) is 0 Å². The smallest absolute Gasteiger partial charge is 0.346 e. The van der Waals surface area contributed by atoms with Crippen molar-refractivity contribution < 1.29 is 18.7 Å². The van der Waals surface area contributed by atoms with Gasteiger partial charge < -0.3 is 18.8 Å². The van der Waals surface area contributed by atoms with E-state index in [1.807, 2.05) is 72.8 Å². The highest BCUT2D eigenvalue weighted by Gasteiger charge is 2.18. The minimum atomic E-state index is -1.30. The maximum absolute atomic E-state index is 11.3. The Morgan fingerprint density at radius 3 is 1.87 bits per heavy atom. The molecule has 7 rings (SSSR count). The minimum absolute atomic E-state index is 0.384. The van der Waals surface area contributed by atoms with Crippen molar-refractivity contribution in [1.29, 1.82) is 5.26 Å². The van der Waals surface area contributed by atoms with Crippen molar-refractivity contribution in [3.63, 3.8) is 0 Å². The Bertz CT molecular complexity index is 2170. The van der Waals surface area contributed by atoms with Crippen molar-refractivity contribution in [1.82, 2.24) is 8.75 Å². The summed E-state index contributed by atoms with van der Waals surface area (Å²) in [5, 5.41) is 18.4. The molecular weight excluding hydrogens is 584 g/mol.